The Balaban J connectivity index is 4.13. The van der Waals surface area contributed by atoms with E-state index in [4.69, 9.17) is 14.0 Å². The van der Waals surface area contributed by atoms with Crippen LogP contribution in [0.1, 0.15) is 182 Å². The summed E-state index contributed by atoms with van der Waals surface area (Å²) in [6.45, 7) is 14.6. The van der Waals surface area contributed by atoms with Gasteiger partial charge in [0.25, 0.3) is 0 Å². The molecule has 0 heterocycles. The van der Waals surface area contributed by atoms with Crippen molar-refractivity contribution >= 4 is 7.32 Å². The summed E-state index contributed by atoms with van der Waals surface area (Å²) in [4.78, 5) is 2.55. The van der Waals surface area contributed by atoms with Crippen LogP contribution in [0, 0.1) is 0 Å². The molecule has 4 nitrogen and oxygen atoms in total. The standard InChI is InChI=1S/C34H72BNO3/c1-5-9-13-15-17-19-21-23-25-27-32-37-35(39-34-31-36(29-11-7-3)30-12-8-4)38-33-28-26-24-22-20-18-16-14-10-6-2/h5-34H2,1-4H3. The van der Waals surface area contributed by atoms with Crippen LogP contribution >= 0.6 is 0 Å². The molecule has 5 heteroatoms. The summed E-state index contributed by atoms with van der Waals surface area (Å²) in [5, 5.41) is 0. The molecule has 0 fully saturated rings. The summed E-state index contributed by atoms with van der Waals surface area (Å²) in [6.07, 6.45) is 31.9. The van der Waals surface area contributed by atoms with E-state index in [1.807, 2.05) is 0 Å². The normalized spacial score (nSPS) is 11.6. The fourth-order valence-corrected chi connectivity index (χ4v) is 5.06. The molecule has 0 bridgehead atoms. The van der Waals surface area contributed by atoms with Crippen molar-refractivity contribution in [3.8, 4) is 0 Å². The SMILES string of the molecule is CCCCCCCCCCCCOB(OCCCCCCCCCCCC)OCCN(CCCC)CCCC. The fraction of sp³-hybridized carbons (Fsp3) is 1.00. The topological polar surface area (TPSA) is 30.9 Å². The Kier molecular flexibility index (Phi) is 34.0. The van der Waals surface area contributed by atoms with Crippen molar-refractivity contribution in [1.82, 2.24) is 4.90 Å². The molecule has 0 aliphatic carbocycles. The summed E-state index contributed by atoms with van der Waals surface area (Å²) < 4.78 is 18.3. The van der Waals surface area contributed by atoms with Crippen molar-refractivity contribution in [2.24, 2.45) is 0 Å². The van der Waals surface area contributed by atoms with Crippen molar-refractivity contribution < 1.29 is 14.0 Å². The van der Waals surface area contributed by atoms with Crippen LogP contribution < -0.4 is 0 Å². The molecule has 0 aromatic carbocycles. The average molecular weight is 554 g/mol. The van der Waals surface area contributed by atoms with Crippen LogP contribution in [0.3, 0.4) is 0 Å². The van der Waals surface area contributed by atoms with Gasteiger partial charge in [-0.1, -0.05) is 156 Å². The summed E-state index contributed by atoms with van der Waals surface area (Å²) in [6, 6.07) is 0. The van der Waals surface area contributed by atoms with Gasteiger partial charge in [0.15, 0.2) is 0 Å². The Bertz CT molecular complexity index is 407. The van der Waals surface area contributed by atoms with Gasteiger partial charge >= 0.3 is 7.32 Å². The second-order valence-corrected chi connectivity index (χ2v) is 11.8. The van der Waals surface area contributed by atoms with Gasteiger partial charge in [0.05, 0.1) is 0 Å². The summed E-state index contributed by atoms with van der Waals surface area (Å²) in [5.74, 6) is 0. The highest BCUT2D eigenvalue weighted by atomic mass is 16.7. The van der Waals surface area contributed by atoms with Gasteiger partial charge in [-0.2, -0.15) is 0 Å². The molecule has 0 radical (unpaired) electrons. The van der Waals surface area contributed by atoms with Crippen molar-refractivity contribution in [3.63, 3.8) is 0 Å². The zero-order valence-electron chi connectivity index (χ0n) is 27.5. The van der Waals surface area contributed by atoms with E-state index in [0.29, 0.717) is 6.61 Å². The molecule has 0 rings (SSSR count). The van der Waals surface area contributed by atoms with Gasteiger partial charge in [0, 0.05) is 26.4 Å². The van der Waals surface area contributed by atoms with Gasteiger partial charge < -0.3 is 18.9 Å². The van der Waals surface area contributed by atoms with Crippen LogP contribution in [0.25, 0.3) is 0 Å². The monoisotopic (exact) mass is 554 g/mol. The van der Waals surface area contributed by atoms with Gasteiger partial charge in [-0.05, 0) is 38.8 Å². The Morgan fingerprint density at radius 1 is 0.333 bits per heavy atom. The minimum absolute atomic E-state index is 0.499. The largest absolute Gasteiger partial charge is 0.639 e. The molecular formula is C34H72BNO3. The fourth-order valence-electron chi connectivity index (χ4n) is 5.06. The van der Waals surface area contributed by atoms with E-state index < -0.39 is 7.32 Å². The number of nitrogens with zero attached hydrogens (tertiary/aromatic N) is 1. The molecule has 0 saturated heterocycles. The summed E-state index contributed by atoms with van der Waals surface area (Å²) in [7, 11) is -0.499. The molecule has 39 heavy (non-hydrogen) atoms. The molecule has 234 valence electrons. The minimum Gasteiger partial charge on any atom is -0.386 e. The van der Waals surface area contributed by atoms with Crippen LogP contribution in [0.15, 0.2) is 0 Å². The van der Waals surface area contributed by atoms with Gasteiger partial charge in [0.2, 0.25) is 0 Å². The summed E-state index contributed by atoms with van der Waals surface area (Å²) >= 11 is 0. The highest BCUT2D eigenvalue weighted by molar-refractivity contribution is 6.36. The third-order valence-corrected chi connectivity index (χ3v) is 7.82. The van der Waals surface area contributed by atoms with Crippen molar-refractivity contribution in [3.05, 3.63) is 0 Å². The number of rotatable bonds is 34. The maximum atomic E-state index is 6.13. The van der Waals surface area contributed by atoms with E-state index in [2.05, 4.69) is 32.6 Å². The average Bonchev–Trinajstić information content (AvgIpc) is 2.95. The van der Waals surface area contributed by atoms with Crippen LogP contribution in [-0.2, 0) is 14.0 Å². The van der Waals surface area contributed by atoms with E-state index in [9.17, 15) is 0 Å². The Morgan fingerprint density at radius 3 is 1.00 bits per heavy atom. The zero-order chi connectivity index (χ0) is 28.5. The highest BCUT2D eigenvalue weighted by Gasteiger charge is 2.21. The van der Waals surface area contributed by atoms with Crippen molar-refractivity contribution in [2.45, 2.75) is 182 Å². The van der Waals surface area contributed by atoms with Gasteiger partial charge in [-0.25, -0.2) is 0 Å². The quantitative estimate of drug-likeness (QED) is 0.0586. The van der Waals surface area contributed by atoms with Gasteiger partial charge in [0.1, 0.15) is 0 Å². The third-order valence-electron chi connectivity index (χ3n) is 7.82. The van der Waals surface area contributed by atoms with E-state index >= 15 is 0 Å². The smallest absolute Gasteiger partial charge is 0.386 e. The second kappa shape index (κ2) is 34.1. The zero-order valence-corrected chi connectivity index (χ0v) is 27.5. The van der Waals surface area contributed by atoms with E-state index in [1.54, 1.807) is 0 Å². The second-order valence-electron chi connectivity index (χ2n) is 11.8. The molecule has 0 spiro atoms. The van der Waals surface area contributed by atoms with Crippen molar-refractivity contribution in [2.75, 3.05) is 39.5 Å². The molecular weight excluding hydrogens is 481 g/mol. The first kappa shape index (κ1) is 38.9. The van der Waals surface area contributed by atoms with E-state index in [1.165, 1.54) is 154 Å². The van der Waals surface area contributed by atoms with Crippen molar-refractivity contribution in [1.29, 1.82) is 0 Å². The van der Waals surface area contributed by atoms with E-state index in [-0.39, 0.29) is 0 Å². The molecule has 0 amide bonds. The molecule has 0 N–H and O–H groups in total. The van der Waals surface area contributed by atoms with Crippen LogP contribution in [0.5, 0.6) is 0 Å². The lowest BCUT2D eigenvalue weighted by Crippen LogP contribution is -2.34. The van der Waals surface area contributed by atoms with Crippen LogP contribution in [0.4, 0.5) is 0 Å². The maximum Gasteiger partial charge on any atom is 0.639 e. The first-order valence-corrected chi connectivity index (χ1v) is 17.9. The molecule has 0 saturated carbocycles. The number of unbranched alkanes of at least 4 members (excludes halogenated alkanes) is 20. The lowest BCUT2D eigenvalue weighted by atomic mass is 10.1. The molecule has 0 atom stereocenters. The Hall–Kier alpha value is -0.0951. The van der Waals surface area contributed by atoms with Crippen LogP contribution in [-0.4, -0.2) is 51.7 Å². The predicted octanol–water partition coefficient (Wildman–Crippen LogP) is 10.8. The number of hydrogen-bond donors (Lipinski definition) is 0. The predicted molar refractivity (Wildman–Crippen MR) is 174 cm³/mol. The first-order valence-electron chi connectivity index (χ1n) is 17.9. The molecule has 0 aliphatic rings. The Morgan fingerprint density at radius 2 is 0.641 bits per heavy atom. The molecule has 0 unspecified atom stereocenters. The maximum absolute atomic E-state index is 6.13. The van der Waals surface area contributed by atoms with E-state index in [0.717, 1.165) is 32.6 Å². The van der Waals surface area contributed by atoms with Crippen LogP contribution in [0.2, 0.25) is 0 Å². The molecule has 0 aromatic rings. The summed E-state index contributed by atoms with van der Waals surface area (Å²) in [5.41, 5.74) is 0. The van der Waals surface area contributed by atoms with Gasteiger partial charge in [-0.3, -0.25) is 0 Å². The third kappa shape index (κ3) is 30.7. The molecule has 0 aromatic heterocycles. The lowest BCUT2D eigenvalue weighted by Gasteiger charge is -2.23. The minimum atomic E-state index is -0.499. The molecule has 0 aliphatic heterocycles. The lowest BCUT2D eigenvalue weighted by molar-refractivity contribution is 0.0797. The van der Waals surface area contributed by atoms with Gasteiger partial charge in [-0.15, -0.1) is 0 Å². The Labute approximate surface area is 247 Å². The highest BCUT2D eigenvalue weighted by Crippen LogP contribution is 2.12. The first-order chi connectivity index (χ1) is 19.3. The number of hydrogen-bond acceptors (Lipinski definition) is 4.